The molecule has 1 N–H and O–H groups in total. The van der Waals surface area contributed by atoms with E-state index in [1.165, 1.54) is 25.7 Å². The van der Waals surface area contributed by atoms with Crippen LogP contribution in [0.15, 0.2) is 42.6 Å². The van der Waals surface area contributed by atoms with Gasteiger partial charge in [0, 0.05) is 25.8 Å². The third-order valence-corrected chi connectivity index (χ3v) is 5.31. The predicted octanol–water partition coefficient (Wildman–Crippen LogP) is 3.31. The Morgan fingerprint density at radius 1 is 1.07 bits per heavy atom. The van der Waals surface area contributed by atoms with Gasteiger partial charge in [-0.05, 0) is 43.5 Å². The summed E-state index contributed by atoms with van der Waals surface area (Å²) >= 11 is 0. The topological polar surface area (TPSA) is 63.7 Å². The van der Waals surface area contributed by atoms with E-state index in [4.69, 9.17) is 9.47 Å². The van der Waals surface area contributed by atoms with Crippen molar-refractivity contribution in [3.05, 3.63) is 48.2 Å². The van der Waals surface area contributed by atoms with Crippen LogP contribution < -0.4 is 19.7 Å². The van der Waals surface area contributed by atoms with E-state index in [1.807, 2.05) is 49.5 Å². The largest absolute Gasteiger partial charge is 0.482 e. The standard InChI is InChI=1S/C22H27N3O3/c1-16-21(28-19-9-5-4-8-18(19)27-16)22(26)24-15-17-10-11-20(23-14-17)25-12-6-2-3-7-13-25/h4-5,8-11,14,16,21H,2-3,6-7,12-13,15H2,1H3,(H,24,26). The molecule has 1 saturated heterocycles. The average Bonchev–Trinajstić information content (AvgIpc) is 3.01. The van der Waals surface area contributed by atoms with Crippen LogP contribution in [0.1, 0.15) is 38.2 Å². The number of para-hydroxylation sites is 2. The molecule has 1 fully saturated rings. The Labute approximate surface area is 165 Å². The molecule has 1 aromatic carbocycles. The SMILES string of the molecule is CC1Oc2ccccc2OC1C(=O)NCc1ccc(N2CCCCCC2)nc1. The van der Waals surface area contributed by atoms with Crippen LogP contribution >= 0.6 is 0 Å². The van der Waals surface area contributed by atoms with Crippen LogP contribution in [0.25, 0.3) is 0 Å². The minimum atomic E-state index is -0.667. The zero-order chi connectivity index (χ0) is 19.3. The highest BCUT2D eigenvalue weighted by molar-refractivity contribution is 5.82. The zero-order valence-corrected chi connectivity index (χ0v) is 16.3. The quantitative estimate of drug-likeness (QED) is 0.880. The van der Waals surface area contributed by atoms with Gasteiger partial charge in [0.2, 0.25) is 6.10 Å². The summed E-state index contributed by atoms with van der Waals surface area (Å²) in [5.74, 6) is 2.11. The van der Waals surface area contributed by atoms with Crippen molar-refractivity contribution in [2.24, 2.45) is 0 Å². The Kier molecular flexibility index (Phi) is 5.65. The normalized spacial score (nSPS) is 21.7. The van der Waals surface area contributed by atoms with E-state index in [2.05, 4.69) is 15.2 Å². The molecule has 1 aromatic heterocycles. The molecule has 6 nitrogen and oxygen atoms in total. The number of pyridine rings is 1. The number of benzene rings is 1. The van der Waals surface area contributed by atoms with Crippen LogP contribution in [0, 0.1) is 0 Å². The monoisotopic (exact) mass is 381 g/mol. The Morgan fingerprint density at radius 2 is 1.79 bits per heavy atom. The second-order valence-corrected chi connectivity index (χ2v) is 7.45. The minimum Gasteiger partial charge on any atom is -0.482 e. The van der Waals surface area contributed by atoms with Gasteiger partial charge in [-0.15, -0.1) is 0 Å². The van der Waals surface area contributed by atoms with E-state index in [9.17, 15) is 4.79 Å². The highest BCUT2D eigenvalue weighted by Gasteiger charge is 2.33. The van der Waals surface area contributed by atoms with E-state index in [0.717, 1.165) is 24.5 Å². The van der Waals surface area contributed by atoms with Crippen LogP contribution in [0.3, 0.4) is 0 Å². The molecule has 2 atom stereocenters. The highest BCUT2D eigenvalue weighted by Crippen LogP contribution is 2.33. The van der Waals surface area contributed by atoms with Crippen molar-refractivity contribution in [3.63, 3.8) is 0 Å². The molecule has 148 valence electrons. The van der Waals surface area contributed by atoms with Crippen molar-refractivity contribution in [1.29, 1.82) is 0 Å². The summed E-state index contributed by atoms with van der Waals surface area (Å²) < 4.78 is 11.7. The molecule has 0 spiro atoms. The van der Waals surface area contributed by atoms with E-state index >= 15 is 0 Å². The maximum Gasteiger partial charge on any atom is 0.265 e. The third kappa shape index (κ3) is 4.21. The summed E-state index contributed by atoms with van der Waals surface area (Å²) in [6.07, 6.45) is 5.89. The molecule has 0 bridgehead atoms. The van der Waals surface area contributed by atoms with Crippen LogP contribution in [0.4, 0.5) is 5.82 Å². The number of ether oxygens (including phenoxy) is 2. The summed E-state index contributed by atoms with van der Waals surface area (Å²) in [6, 6.07) is 11.5. The predicted molar refractivity (Wildman–Crippen MR) is 108 cm³/mol. The van der Waals surface area contributed by atoms with Crippen LogP contribution in [0.5, 0.6) is 11.5 Å². The Bertz CT molecular complexity index is 801. The van der Waals surface area contributed by atoms with Gasteiger partial charge < -0.3 is 19.7 Å². The lowest BCUT2D eigenvalue weighted by Gasteiger charge is -2.31. The summed E-state index contributed by atoms with van der Waals surface area (Å²) in [4.78, 5) is 19.5. The van der Waals surface area contributed by atoms with Crippen LogP contribution in [0.2, 0.25) is 0 Å². The Hall–Kier alpha value is -2.76. The number of amides is 1. The number of hydrogen-bond donors (Lipinski definition) is 1. The lowest BCUT2D eigenvalue weighted by molar-refractivity contribution is -0.133. The number of aromatic nitrogens is 1. The van der Waals surface area contributed by atoms with Crippen LogP contribution in [-0.4, -0.2) is 36.2 Å². The molecule has 0 aliphatic carbocycles. The average molecular weight is 381 g/mol. The van der Waals surface area contributed by atoms with E-state index < -0.39 is 6.10 Å². The number of rotatable bonds is 4. The van der Waals surface area contributed by atoms with E-state index in [0.29, 0.717) is 18.0 Å². The molecule has 1 amide bonds. The molecule has 4 rings (SSSR count). The van der Waals surface area contributed by atoms with E-state index in [1.54, 1.807) is 0 Å². The first kappa shape index (κ1) is 18.6. The molecule has 28 heavy (non-hydrogen) atoms. The number of anilines is 1. The molecule has 3 heterocycles. The van der Waals surface area contributed by atoms with Crippen molar-refractivity contribution in [2.75, 3.05) is 18.0 Å². The lowest BCUT2D eigenvalue weighted by atomic mass is 10.1. The number of nitrogens with one attached hydrogen (secondary N) is 1. The van der Waals surface area contributed by atoms with Gasteiger partial charge in [-0.3, -0.25) is 4.79 Å². The van der Waals surface area contributed by atoms with Crippen molar-refractivity contribution in [1.82, 2.24) is 10.3 Å². The second-order valence-electron chi connectivity index (χ2n) is 7.45. The molecule has 0 radical (unpaired) electrons. The fourth-order valence-electron chi connectivity index (χ4n) is 3.70. The molecule has 2 aliphatic rings. The lowest BCUT2D eigenvalue weighted by Crippen LogP contribution is -2.48. The van der Waals surface area contributed by atoms with Gasteiger partial charge in [0.15, 0.2) is 11.5 Å². The summed E-state index contributed by atoms with van der Waals surface area (Å²) in [7, 11) is 0. The number of fused-ring (bicyclic) bond motifs is 1. The molecular formula is C22H27N3O3. The summed E-state index contributed by atoms with van der Waals surface area (Å²) in [5.41, 5.74) is 0.969. The minimum absolute atomic E-state index is 0.182. The van der Waals surface area contributed by atoms with Gasteiger partial charge in [-0.2, -0.15) is 0 Å². The summed E-state index contributed by atoms with van der Waals surface area (Å²) in [5, 5.41) is 2.94. The van der Waals surface area contributed by atoms with Crippen molar-refractivity contribution in [2.45, 2.75) is 51.4 Å². The first-order chi connectivity index (χ1) is 13.7. The number of carbonyl (C=O) groups excluding carboxylic acids is 1. The smallest absolute Gasteiger partial charge is 0.265 e. The number of hydrogen-bond acceptors (Lipinski definition) is 5. The number of carbonyl (C=O) groups is 1. The second kappa shape index (κ2) is 8.50. The summed E-state index contributed by atoms with van der Waals surface area (Å²) in [6.45, 7) is 4.40. The fraction of sp³-hybridized carbons (Fsp3) is 0.455. The van der Waals surface area contributed by atoms with E-state index in [-0.39, 0.29) is 12.0 Å². The molecular weight excluding hydrogens is 354 g/mol. The Morgan fingerprint density at radius 3 is 2.46 bits per heavy atom. The molecule has 2 unspecified atom stereocenters. The van der Waals surface area contributed by atoms with Crippen molar-refractivity contribution in [3.8, 4) is 11.5 Å². The van der Waals surface area contributed by atoms with Crippen LogP contribution in [-0.2, 0) is 11.3 Å². The maximum atomic E-state index is 12.6. The zero-order valence-electron chi connectivity index (χ0n) is 16.3. The van der Waals surface area contributed by atoms with Gasteiger partial charge >= 0.3 is 0 Å². The van der Waals surface area contributed by atoms with Gasteiger partial charge in [0.25, 0.3) is 5.91 Å². The van der Waals surface area contributed by atoms with Gasteiger partial charge in [0.1, 0.15) is 11.9 Å². The first-order valence-corrected chi connectivity index (χ1v) is 10.1. The van der Waals surface area contributed by atoms with Gasteiger partial charge in [-0.25, -0.2) is 4.98 Å². The molecule has 0 saturated carbocycles. The van der Waals surface area contributed by atoms with Crippen molar-refractivity contribution < 1.29 is 14.3 Å². The fourth-order valence-corrected chi connectivity index (χ4v) is 3.70. The Balaban J connectivity index is 1.33. The van der Waals surface area contributed by atoms with Gasteiger partial charge in [-0.1, -0.05) is 31.0 Å². The molecule has 2 aromatic rings. The van der Waals surface area contributed by atoms with Gasteiger partial charge in [0.05, 0.1) is 0 Å². The highest BCUT2D eigenvalue weighted by atomic mass is 16.6. The number of nitrogens with zero attached hydrogens (tertiary/aromatic N) is 2. The molecule has 2 aliphatic heterocycles. The van der Waals surface area contributed by atoms with Crippen molar-refractivity contribution >= 4 is 11.7 Å². The third-order valence-electron chi connectivity index (χ3n) is 5.31. The maximum absolute atomic E-state index is 12.6. The first-order valence-electron chi connectivity index (χ1n) is 10.1. The molecule has 6 heteroatoms.